The molecule has 152 valence electrons. The molecule has 0 saturated heterocycles. The molecule has 1 aliphatic carbocycles. The van der Waals surface area contributed by atoms with Crippen LogP contribution in [0.4, 0.5) is 0 Å². The summed E-state index contributed by atoms with van der Waals surface area (Å²) in [5.41, 5.74) is 8.71. The van der Waals surface area contributed by atoms with Crippen LogP contribution in [0.15, 0.2) is 47.5 Å². The molecule has 1 atom stereocenters. The van der Waals surface area contributed by atoms with Crippen LogP contribution in [0.2, 0.25) is 0 Å². The molecule has 1 aliphatic rings. The lowest BCUT2D eigenvalue weighted by molar-refractivity contribution is -0.418. The molecule has 2 aromatic rings. The molecule has 5 heteroatoms. The van der Waals surface area contributed by atoms with Crippen LogP contribution >= 0.6 is 0 Å². The first-order valence-corrected chi connectivity index (χ1v) is 9.60. The summed E-state index contributed by atoms with van der Waals surface area (Å²) >= 11 is 0. The van der Waals surface area contributed by atoms with Crippen LogP contribution in [-0.2, 0) is 4.79 Å². The van der Waals surface area contributed by atoms with Crippen molar-refractivity contribution in [2.45, 2.75) is 25.8 Å². The fourth-order valence-electron chi connectivity index (χ4n) is 3.67. The lowest BCUT2D eigenvalue weighted by Crippen LogP contribution is -2.62. The molecule has 3 N–H and O–H groups in total. The molecular weight excluding hydrogens is 366 g/mol. The number of quaternary nitrogens is 1. The van der Waals surface area contributed by atoms with Crippen molar-refractivity contribution in [1.29, 1.82) is 0 Å². The number of hydrogen-bond acceptors (Lipinski definition) is 4. The average Bonchev–Trinajstić information content (AvgIpc) is 2.71. The Morgan fingerprint density at radius 2 is 1.34 bits per heavy atom. The van der Waals surface area contributed by atoms with Crippen molar-refractivity contribution in [2.24, 2.45) is 0 Å². The summed E-state index contributed by atoms with van der Waals surface area (Å²) in [4.78, 5) is 13.1. The highest BCUT2D eigenvalue weighted by molar-refractivity contribution is 6.14. The number of hydrogen-bond donors (Lipinski definition) is 1. The Kier molecular flexibility index (Phi) is 6.39. The highest BCUT2D eigenvalue weighted by Crippen LogP contribution is 2.31. The molecule has 0 radical (unpaired) electrons. The molecule has 0 bridgehead atoms. The third-order valence-electron chi connectivity index (χ3n) is 5.11. The van der Waals surface area contributed by atoms with Crippen molar-refractivity contribution in [2.75, 3.05) is 21.3 Å². The molecule has 3 rings (SSSR count). The van der Waals surface area contributed by atoms with Gasteiger partial charge in [-0.2, -0.15) is 0 Å². The van der Waals surface area contributed by atoms with E-state index in [1.165, 1.54) is 0 Å². The summed E-state index contributed by atoms with van der Waals surface area (Å²) in [5, 5.41) is 0. The van der Waals surface area contributed by atoms with Gasteiger partial charge in [-0.3, -0.25) is 4.79 Å². The Morgan fingerprint density at radius 3 is 1.86 bits per heavy atom. The predicted octanol–water partition coefficient (Wildman–Crippen LogP) is 3.46. The molecule has 2 aromatic carbocycles. The number of ether oxygens (including phenoxy) is 3. The molecule has 1 unspecified atom stereocenters. The molecule has 29 heavy (non-hydrogen) atoms. The number of aryl methyl sites for hydroxylation is 1. The molecule has 0 spiro atoms. The highest BCUT2D eigenvalue weighted by atomic mass is 16.5. The molecule has 0 aliphatic heterocycles. The normalized spacial score (nSPS) is 19.5. The molecular formula is C24H28NO4+. The topological polar surface area (TPSA) is 72.4 Å². The zero-order valence-electron chi connectivity index (χ0n) is 17.5. The molecule has 0 heterocycles. The fourth-order valence-corrected chi connectivity index (χ4v) is 3.67. The zero-order chi connectivity index (χ0) is 21.0. The van der Waals surface area contributed by atoms with E-state index >= 15 is 0 Å². The summed E-state index contributed by atoms with van der Waals surface area (Å²) < 4.78 is 16.0. The van der Waals surface area contributed by atoms with Crippen LogP contribution in [0, 0.1) is 6.92 Å². The number of Topliss-reactive ketones (excluding diaryl/α,β-unsaturated/α-hetero) is 1. The van der Waals surface area contributed by atoms with E-state index in [9.17, 15) is 4.79 Å². The number of carbonyl (C=O) groups excluding carboxylic acids is 1. The summed E-state index contributed by atoms with van der Waals surface area (Å²) in [6.45, 7) is 2.00. The van der Waals surface area contributed by atoms with Crippen molar-refractivity contribution < 1.29 is 24.7 Å². The minimum Gasteiger partial charge on any atom is -0.496 e. The first-order chi connectivity index (χ1) is 13.9. The van der Waals surface area contributed by atoms with Gasteiger partial charge in [-0.15, -0.1) is 0 Å². The SMILES string of the molecule is COc1ccc(/C=C2\CC([NH3+])C/C(=C\c3ccc(OC)c(OC)c3)C2=O)cc1C. The van der Waals surface area contributed by atoms with E-state index in [-0.39, 0.29) is 11.8 Å². The predicted molar refractivity (Wildman–Crippen MR) is 114 cm³/mol. The van der Waals surface area contributed by atoms with Crippen molar-refractivity contribution in [1.82, 2.24) is 0 Å². The maximum Gasteiger partial charge on any atom is 0.185 e. The zero-order valence-corrected chi connectivity index (χ0v) is 17.5. The van der Waals surface area contributed by atoms with E-state index in [0.29, 0.717) is 24.3 Å². The maximum absolute atomic E-state index is 13.1. The maximum atomic E-state index is 13.1. The quantitative estimate of drug-likeness (QED) is 0.789. The Hall–Kier alpha value is -3.05. The van der Waals surface area contributed by atoms with Crippen molar-refractivity contribution in [3.8, 4) is 17.2 Å². The van der Waals surface area contributed by atoms with Gasteiger partial charge in [0.05, 0.1) is 27.4 Å². The molecule has 0 amide bonds. The first kappa shape index (κ1) is 20.7. The van der Waals surface area contributed by atoms with E-state index in [1.54, 1.807) is 21.3 Å². The van der Waals surface area contributed by atoms with Crippen LogP contribution in [0.25, 0.3) is 12.2 Å². The van der Waals surface area contributed by atoms with Gasteiger partial charge >= 0.3 is 0 Å². The number of benzene rings is 2. The summed E-state index contributed by atoms with van der Waals surface area (Å²) in [7, 11) is 4.86. The second-order valence-corrected chi connectivity index (χ2v) is 7.29. The van der Waals surface area contributed by atoms with Gasteiger partial charge in [0.1, 0.15) is 5.75 Å². The van der Waals surface area contributed by atoms with E-state index in [1.807, 2.05) is 55.5 Å². The Bertz CT molecular complexity index is 975. The minimum absolute atomic E-state index is 0.0770. The Morgan fingerprint density at radius 1 is 0.828 bits per heavy atom. The van der Waals surface area contributed by atoms with E-state index in [4.69, 9.17) is 14.2 Å². The lowest BCUT2D eigenvalue weighted by Gasteiger charge is -2.20. The second-order valence-electron chi connectivity index (χ2n) is 7.29. The van der Waals surface area contributed by atoms with Crippen LogP contribution in [0.3, 0.4) is 0 Å². The number of rotatable bonds is 5. The largest absolute Gasteiger partial charge is 0.496 e. The van der Waals surface area contributed by atoms with Gasteiger partial charge in [-0.05, 0) is 60.0 Å². The van der Waals surface area contributed by atoms with Gasteiger partial charge < -0.3 is 19.9 Å². The Balaban J connectivity index is 1.93. The van der Waals surface area contributed by atoms with Crippen LogP contribution < -0.4 is 19.9 Å². The van der Waals surface area contributed by atoms with Crippen LogP contribution in [0.1, 0.15) is 29.5 Å². The Labute approximate surface area is 171 Å². The van der Waals surface area contributed by atoms with Gasteiger partial charge in [-0.1, -0.05) is 12.1 Å². The van der Waals surface area contributed by atoms with Gasteiger partial charge in [0.15, 0.2) is 17.3 Å². The van der Waals surface area contributed by atoms with Gasteiger partial charge in [-0.25, -0.2) is 0 Å². The third-order valence-corrected chi connectivity index (χ3v) is 5.11. The molecule has 1 fully saturated rings. The fraction of sp³-hybridized carbons (Fsp3) is 0.292. The van der Waals surface area contributed by atoms with Crippen LogP contribution in [0.5, 0.6) is 17.2 Å². The van der Waals surface area contributed by atoms with Crippen molar-refractivity contribution in [3.63, 3.8) is 0 Å². The van der Waals surface area contributed by atoms with E-state index in [2.05, 4.69) is 5.73 Å². The van der Waals surface area contributed by atoms with E-state index in [0.717, 1.165) is 33.6 Å². The molecule has 0 aromatic heterocycles. The summed E-state index contributed by atoms with van der Waals surface area (Å²) in [6, 6.07) is 11.7. The molecule has 5 nitrogen and oxygen atoms in total. The standard InChI is InChI=1S/C24H27NO4/c1-15-9-16(5-7-21(15)27-2)10-18-13-20(25)14-19(24(18)26)11-17-6-8-22(28-3)23(12-17)29-4/h5-12,20H,13-14,25H2,1-4H3/p+1/b18-10+,19-11+. The lowest BCUT2D eigenvalue weighted by atomic mass is 9.84. The number of carbonyl (C=O) groups is 1. The van der Waals surface area contributed by atoms with Gasteiger partial charge in [0.2, 0.25) is 0 Å². The number of ketones is 1. The van der Waals surface area contributed by atoms with Gasteiger partial charge in [0.25, 0.3) is 0 Å². The van der Waals surface area contributed by atoms with Crippen molar-refractivity contribution in [3.05, 3.63) is 64.2 Å². The average molecular weight is 394 g/mol. The highest BCUT2D eigenvalue weighted by Gasteiger charge is 2.27. The van der Waals surface area contributed by atoms with Crippen LogP contribution in [-0.4, -0.2) is 33.2 Å². The van der Waals surface area contributed by atoms with Crippen molar-refractivity contribution >= 4 is 17.9 Å². The smallest absolute Gasteiger partial charge is 0.185 e. The number of methoxy groups -OCH3 is 3. The van der Waals surface area contributed by atoms with E-state index < -0.39 is 0 Å². The minimum atomic E-state index is 0.0770. The summed E-state index contributed by atoms with van der Waals surface area (Å²) in [5.74, 6) is 2.22. The molecule has 1 saturated carbocycles. The third kappa shape index (κ3) is 4.69. The summed E-state index contributed by atoms with van der Waals surface area (Å²) in [6.07, 6.45) is 5.22. The first-order valence-electron chi connectivity index (χ1n) is 9.60. The van der Waals surface area contributed by atoms with Gasteiger partial charge in [0, 0.05) is 24.0 Å². The monoisotopic (exact) mass is 394 g/mol. The second kappa shape index (κ2) is 8.97.